The third-order valence-corrected chi connectivity index (χ3v) is 9.69. The molecule has 2 heterocycles. The molecule has 2 aromatic heterocycles. The van der Waals surface area contributed by atoms with Gasteiger partial charge in [-0.2, -0.15) is 0 Å². The SMILES string of the molecule is CC(=O)Nc1ccc(-c2nc3ccc(C(=O)Nc4cccc(Cl)c4)cc3[nH]2)cc1.O=C(Nc1cccc(Cl)c1)c1ccc2nc(-c3cccc(Oc4ccccc4)c3)[nH]c2c1. The zero-order valence-electron chi connectivity index (χ0n) is 32.4. The molecule has 13 heteroatoms. The van der Waals surface area contributed by atoms with E-state index in [4.69, 9.17) is 27.9 Å². The van der Waals surface area contributed by atoms with Gasteiger partial charge in [0, 0.05) is 56.3 Å². The van der Waals surface area contributed by atoms with Crippen molar-refractivity contribution in [1.29, 1.82) is 0 Å². The number of anilines is 3. The Kier molecular flexibility index (Phi) is 11.8. The summed E-state index contributed by atoms with van der Waals surface area (Å²) in [6, 6.07) is 49.4. The molecule has 0 saturated carbocycles. The normalized spacial score (nSPS) is 10.7. The molecule has 0 spiro atoms. The average molecular weight is 845 g/mol. The van der Waals surface area contributed by atoms with Crippen LogP contribution in [0.15, 0.2) is 164 Å². The number of aromatic amines is 2. The third kappa shape index (κ3) is 10.1. The van der Waals surface area contributed by atoms with Crippen LogP contribution in [0.25, 0.3) is 44.8 Å². The molecule has 3 amide bonds. The number of hydrogen-bond donors (Lipinski definition) is 5. The number of ether oxygens (including phenoxy) is 1. The van der Waals surface area contributed by atoms with Crippen molar-refractivity contribution in [2.24, 2.45) is 0 Å². The number of para-hydroxylation sites is 1. The summed E-state index contributed by atoms with van der Waals surface area (Å²) < 4.78 is 5.93. The molecule has 11 nitrogen and oxygen atoms in total. The molecule has 7 aromatic carbocycles. The van der Waals surface area contributed by atoms with E-state index in [0.29, 0.717) is 44.2 Å². The summed E-state index contributed by atoms with van der Waals surface area (Å²) in [5, 5.41) is 9.54. The highest BCUT2D eigenvalue weighted by Crippen LogP contribution is 2.28. The summed E-state index contributed by atoms with van der Waals surface area (Å²) in [4.78, 5) is 52.1. The first-order valence-corrected chi connectivity index (χ1v) is 19.7. The first-order chi connectivity index (χ1) is 29.6. The second kappa shape index (κ2) is 18.0. The maximum Gasteiger partial charge on any atom is 0.255 e. The highest BCUT2D eigenvalue weighted by Gasteiger charge is 2.13. The van der Waals surface area contributed by atoms with Crippen molar-refractivity contribution in [1.82, 2.24) is 19.9 Å². The van der Waals surface area contributed by atoms with Crippen molar-refractivity contribution in [3.8, 4) is 34.3 Å². The number of amides is 3. The zero-order chi connectivity index (χ0) is 42.3. The minimum absolute atomic E-state index is 0.120. The van der Waals surface area contributed by atoms with Crippen molar-refractivity contribution >= 4 is 80.1 Å². The van der Waals surface area contributed by atoms with Crippen LogP contribution in [0.5, 0.6) is 11.5 Å². The van der Waals surface area contributed by atoms with Crippen LogP contribution < -0.4 is 20.7 Å². The number of carbonyl (C=O) groups excluding carboxylic acids is 3. The van der Waals surface area contributed by atoms with Crippen LogP contribution in [0.4, 0.5) is 17.1 Å². The van der Waals surface area contributed by atoms with Crippen LogP contribution >= 0.6 is 23.2 Å². The maximum atomic E-state index is 12.7. The minimum Gasteiger partial charge on any atom is -0.457 e. The van der Waals surface area contributed by atoms with Crippen molar-refractivity contribution in [3.05, 3.63) is 185 Å². The lowest BCUT2D eigenvalue weighted by atomic mass is 10.2. The van der Waals surface area contributed by atoms with E-state index >= 15 is 0 Å². The fourth-order valence-corrected chi connectivity index (χ4v) is 6.74. The van der Waals surface area contributed by atoms with Gasteiger partial charge in [-0.15, -0.1) is 0 Å². The number of benzene rings is 7. The van der Waals surface area contributed by atoms with Crippen molar-refractivity contribution in [2.75, 3.05) is 16.0 Å². The van der Waals surface area contributed by atoms with E-state index in [0.717, 1.165) is 50.4 Å². The number of aromatic nitrogens is 4. The minimum atomic E-state index is -0.232. The van der Waals surface area contributed by atoms with Gasteiger partial charge in [0.05, 0.1) is 22.1 Å². The number of imidazole rings is 2. The van der Waals surface area contributed by atoms with Gasteiger partial charge >= 0.3 is 0 Å². The highest BCUT2D eigenvalue weighted by molar-refractivity contribution is 6.31. The topological polar surface area (TPSA) is 154 Å². The Morgan fingerprint density at radius 3 is 1.56 bits per heavy atom. The molecule has 0 aliphatic heterocycles. The van der Waals surface area contributed by atoms with Crippen LogP contribution in [-0.4, -0.2) is 37.7 Å². The van der Waals surface area contributed by atoms with E-state index in [9.17, 15) is 14.4 Å². The standard InChI is InChI=1S/C26H18ClN3O2.C22H17ClN4O2/c27-19-7-5-8-20(16-19)28-26(31)18-12-13-23-24(15-18)30-25(29-23)17-6-4-11-22(14-17)32-21-9-2-1-3-10-21;1-13(28)24-17-8-5-14(6-9-17)21-26-19-10-7-15(11-20(19)27-21)22(29)25-18-4-2-3-16(23)12-18/h1-16H,(H,28,31)(H,29,30);2-12H,1H3,(H,24,28)(H,25,29)(H,26,27). The van der Waals surface area contributed by atoms with Gasteiger partial charge in [-0.1, -0.05) is 65.7 Å². The number of carbonyl (C=O) groups is 3. The predicted octanol–water partition coefficient (Wildman–Crippen LogP) is 12.0. The Morgan fingerprint density at radius 1 is 0.492 bits per heavy atom. The summed E-state index contributed by atoms with van der Waals surface area (Å²) in [5.41, 5.74) is 7.84. The average Bonchev–Trinajstić information content (AvgIpc) is 3.89. The number of halogens is 2. The first-order valence-electron chi connectivity index (χ1n) is 19.0. The lowest BCUT2D eigenvalue weighted by molar-refractivity contribution is -0.114. The van der Waals surface area contributed by atoms with E-state index < -0.39 is 0 Å². The fourth-order valence-electron chi connectivity index (χ4n) is 6.36. The van der Waals surface area contributed by atoms with Gasteiger partial charge in [-0.3, -0.25) is 14.4 Å². The molecule has 0 bridgehead atoms. The number of H-pyrrole nitrogens is 2. The Hall–Kier alpha value is -7.73. The number of hydrogen-bond acceptors (Lipinski definition) is 6. The van der Waals surface area contributed by atoms with E-state index in [1.54, 1.807) is 78.9 Å². The van der Waals surface area contributed by atoms with Crippen molar-refractivity contribution in [3.63, 3.8) is 0 Å². The van der Waals surface area contributed by atoms with E-state index in [-0.39, 0.29) is 17.7 Å². The van der Waals surface area contributed by atoms with Crippen LogP contribution in [-0.2, 0) is 4.79 Å². The largest absolute Gasteiger partial charge is 0.457 e. The molecular formula is C48H35Cl2N7O4. The zero-order valence-corrected chi connectivity index (χ0v) is 33.9. The van der Waals surface area contributed by atoms with E-state index in [1.165, 1.54) is 6.92 Å². The molecule has 5 N–H and O–H groups in total. The number of rotatable bonds is 9. The summed E-state index contributed by atoms with van der Waals surface area (Å²) >= 11 is 12.0. The number of nitrogens with one attached hydrogen (secondary N) is 5. The van der Waals surface area contributed by atoms with Crippen LogP contribution in [0, 0.1) is 0 Å². The molecule has 0 aliphatic carbocycles. The fraction of sp³-hybridized carbons (Fsp3) is 0.0208. The molecule has 0 unspecified atom stereocenters. The summed E-state index contributed by atoms with van der Waals surface area (Å²) in [6.07, 6.45) is 0. The summed E-state index contributed by atoms with van der Waals surface area (Å²) in [5.74, 6) is 2.30. The van der Waals surface area contributed by atoms with Crippen LogP contribution in [0.3, 0.4) is 0 Å². The predicted molar refractivity (Wildman–Crippen MR) is 243 cm³/mol. The van der Waals surface area contributed by atoms with Crippen molar-refractivity contribution < 1.29 is 19.1 Å². The van der Waals surface area contributed by atoms with Gasteiger partial charge < -0.3 is 30.7 Å². The number of nitrogens with zero attached hydrogens (tertiary/aromatic N) is 2. The van der Waals surface area contributed by atoms with Gasteiger partial charge in [0.25, 0.3) is 11.8 Å². The van der Waals surface area contributed by atoms with Gasteiger partial charge in [0.1, 0.15) is 23.1 Å². The lowest BCUT2D eigenvalue weighted by Crippen LogP contribution is -2.11. The molecule has 0 atom stereocenters. The molecule has 300 valence electrons. The molecule has 0 aliphatic rings. The van der Waals surface area contributed by atoms with Crippen LogP contribution in [0.2, 0.25) is 10.0 Å². The maximum absolute atomic E-state index is 12.7. The van der Waals surface area contributed by atoms with Crippen LogP contribution in [0.1, 0.15) is 27.6 Å². The highest BCUT2D eigenvalue weighted by atomic mass is 35.5. The molecule has 0 fully saturated rings. The molecule has 9 aromatic rings. The molecule has 9 rings (SSSR count). The van der Waals surface area contributed by atoms with Gasteiger partial charge in [0.15, 0.2) is 0 Å². The summed E-state index contributed by atoms with van der Waals surface area (Å²) in [7, 11) is 0. The van der Waals surface area contributed by atoms with E-state index in [1.807, 2.05) is 84.9 Å². The van der Waals surface area contributed by atoms with E-state index in [2.05, 4.69) is 35.9 Å². The molecule has 0 radical (unpaired) electrons. The Balaban J connectivity index is 0.000000169. The van der Waals surface area contributed by atoms with Gasteiger partial charge in [-0.05, 0) is 121 Å². The Morgan fingerprint density at radius 2 is 1.02 bits per heavy atom. The molecular weight excluding hydrogens is 809 g/mol. The molecule has 61 heavy (non-hydrogen) atoms. The monoisotopic (exact) mass is 843 g/mol. The smallest absolute Gasteiger partial charge is 0.255 e. The van der Waals surface area contributed by atoms with Gasteiger partial charge in [0.2, 0.25) is 5.91 Å². The second-order valence-electron chi connectivity index (χ2n) is 13.8. The van der Waals surface area contributed by atoms with Gasteiger partial charge in [-0.25, -0.2) is 9.97 Å². The lowest BCUT2D eigenvalue weighted by Gasteiger charge is -2.06. The quantitative estimate of drug-likeness (QED) is 0.0975. The molecule has 0 saturated heterocycles. The second-order valence-corrected chi connectivity index (χ2v) is 14.6. The Bertz CT molecular complexity index is 3040. The number of fused-ring (bicyclic) bond motifs is 2. The first kappa shape index (κ1) is 40.1. The van der Waals surface area contributed by atoms with Crippen molar-refractivity contribution in [2.45, 2.75) is 6.92 Å². The Labute approximate surface area is 359 Å². The summed E-state index contributed by atoms with van der Waals surface area (Å²) in [6.45, 7) is 1.47. The third-order valence-electron chi connectivity index (χ3n) is 9.22.